The Morgan fingerprint density at radius 1 is 1.12 bits per heavy atom. The van der Waals surface area contributed by atoms with Gasteiger partial charge in [0.25, 0.3) is 0 Å². The van der Waals surface area contributed by atoms with Crippen LogP contribution in [0.5, 0.6) is 0 Å². The van der Waals surface area contributed by atoms with E-state index in [9.17, 15) is 8.42 Å². The first kappa shape index (κ1) is 15.7. The van der Waals surface area contributed by atoms with Crippen molar-refractivity contribution in [2.75, 3.05) is 24.2 Å². The number of fused-ring (bicyclic) bond motifs is 4. The topological polar surface area (TPSA) is 54.3 Å². The molecule has 3 heterocycles. The number of hydrogen-bond donors (Lipinski definition) is 1. The zero-order valence-electron chi connectivity index (χ0n) is 13.9. The van der Waals surface area contributed by atoms with Crippen LogP contribution in [0.15, 0.2) is 42.6 Å². The monoisotopic (exact) mass is 345 g/mol. The molecule has 2 aromatic rings. The largest absolute Gasteiger partial charge is 0.372 e. The first-order chi connectivity index (χ1) is 11.6. The molecule has 0 unspecified atom stereocenters. The van der Waals surface area contributed by atoms with E-state index in [0.717, 1.165) is 24.2 Å². The van der Waals surface area contributed by atoms with Crippen molar-refractivity contribution in [1.82, 2.24) is 8.87 Å². The summed E-state index contributed by atoms with van der Waals surface area (Å²) in [5.74, 6) is 0.243. The fourth-order valence-electron chi connectivity index (χ4n) is 4.01. The Morgan fingerprint density at radius 3 is 2.62 bits per heavy atom. The lowest BCUT2D eigenvalue weighted by atomic mass is 9.83. The van der Waals surface area contributed by atoms with Gasteiger partial charge in [-0.25, -0.2) is 12.7 Å². The van der Waals surface area contributed by atoms with Gasteiger partial charge in [-0.2, -0.15) is 0 Å². The van der Waals surface area contributed by atoms with Gasteiger partial charge in [0, 0.05) is 25.0 Å². The summed E-state index contributed by atoms with van der Waals surface area (Å²) < 4.78 is 28.6. The smallest absolute Gasteiger partial charge is 0.214 e. The highest BCUT2D eigenvalue weighted by molar-refractivity contribution is 7.89. The maximum absolute atomic E-state index is 12.4. The second-order valence-corrected chi connectivity index (χ2v) is 8.79. The summed E-state index contributed by atoms with van der Waals surface area (Å²) in [6.07, 6.45) is 4.33. The van der Waals surface area contributed by atoms with E-state index in [1.807, 2.05) is 19.1 Å². The molecule has 6 heteroatoms. The Balaban J connectivity index is 1.65. The molecule has 0 radical (unpaired) electrons. The van der Waals surface area contributed by atoms with E-state index >= 15 is 0 Å². The highest BCUT2D eigenvalue weighted by atomic mass is 32.2. The van der Waals surface area contributed by atoms with E-state index in [-0.39, 0.29) is 11.3 Å². The number of nitrogens with zero attached hydrogens (tertiary/aromatic N) is 2. The molecule has 0 saturated carbocycles. The van der Waals surface area contributed by atoms with Crippen molar-refractivity contribution in [3.05, 3.63) is 48.3 Å². The third-order valence-corrected chi connectivity index (χ3v) is 7.28. The third-order valence-electron chi connectivity index (χ3n) is 5.21. The minimum absolute atomic E-state index is 0.184. The van der Waals surface area contributed by atoms with Crippen LogP contribution in [-0.4, -0.2) is 36.1 Å². The normalized spacial score (nSPS) is 19.5. The van der Waals surface area contributed by atoms with Gasteiger partial charge in [0.15, 0.2) is 0 Å². The van der Waals surface area contributed by atoms with Gasteiger partial charge in [0.1, 0.15) is 0 Å². The number of nitrogens with one attached hydrogen (secondary N) is 1. The van der Waals surface area contributed by atoms with E-state index in [0.29, 0.717) is 19.5 Å². The fourth-order valence-corrected chi connectivity index (χ4v) is 5.52. The molecule has 0 bridgehead atoms. The van der Waals surface area contributed by atoms with Crippen molar-refractivity contribution < 1.29 is 8.42 Å². The molecule has 4 rings (SSSR count). The second-order valence-electron chi connectivity index (χ2n) is 6.70. The zero-order valence-corrected chi connectivity index (χ0v) is 14.7. The fraction of sp³-hybridized carbons (Fsp3) is 0.444. The van der Waals surface area contributed by atoms with Gasteiger partial charge in [0.2, 0.25) is 10.0 Å². The number of piperidine rings is 1. The van der Waals surface area contributed by atoms with Crippen LogP contribution >= 0.6 is 0 Å². The molecule has 1 spiro atoms. The summed E-state index contributed by atoms with van der Waals surface area (Å²) >= 11 is 0. The van der Waals surface area contributed by atoms with Crippen molar-refractivity contribution >= 4 is 15.7 Å². The summed E-state index contributed by atoms with van der Waals surface area (Å²) in [4.78, 5) is 0. The Morgan fingerprint density at radius 2 is 1.88 bits per heavy atom. The molecule has 1 aromatic heterocycles. The average Bonchev–Trinajstić information content (AvgIpc) is 3.06. The molecular weight excluding hydrogens is 322 g/mol. The molecular formula is C18H23N3O2S. The lowest BCUT2D eigenvalue weighted by molar-refractivity contribution is 0.247. The predicted octanol–water partition coefficient (Wildman–Crippen LogP) is 2.93. The van der Waals surface area contributed by atoms with Crippen LogP contribution in [0.25, 0.3) is 5.69 Å². The molecule has 0 aliphatic carbocycles. The molecule has 2 aliphatic rings. The number of para-hydroxylation sites is 2. The minimum Gasteiger partial charge on any atom is -0.372 e. The molecule has 5 nitrogen and oxygen atoms in total. The molecule has 1 saturated heterocycles. The first-order valence-electron chi connectivity index (χ1n) is 8.59. The lowest BCUT2D eigenvalue weighted by Crippen LogP contribution is -2.51. The number of rotatable bonds is 3. The Bertz CT molecular complexity index is 849. The number of sulfonamides is 1. The van der Waals surface area contributed by atoms with Gasteiger partial charge in [-0.05, 0) is 43.5 Å². The minimum atomic E-state index is -3.11. The molecule has 1 fully saturated rings. The maximum atomic E-state index is 12.4. The maximum Gasteiger partial charge on any atom is 0.214 e. The zero-order chi connectivity index (χ0) is 16.8. The van der Waals surface area contributed by atoms with Crippen molar-refractivity contribution in [1.29, 1.82) is 0 Å². The van der Waals surface area contributed by atoms with E-state index in [1.54, 1.807) is 4.31 Å². The van der Waals surface area contributed by atoms with Gasteiger partial charge < -0.3 is 9.88 Å². The highest BCUT2D eigenvalue weighted by Gasteiger charge is 2.43. The predicted molar refractivity (Wildman–Crippen MR) is 96.0 cm³/mol. The van der Waals surface area contributed by atoms with Crippen LogP contribution in [0.2, 0.25) is 0 Å². The van der Waals surface area contributed by atoms with Crippen LogP contribution in [0, 0.1) is 0 Å². The number of hydrogen-bond acceptors (Lipinski definition) is 3. The van der Waals surface area contributed by atoms with Crippen molar-refractivity contribution in [2.45, 2.75) is 31.7 Å². The van der Waals surface area contributed by atoms with Gasteiger partial charge in [0.05, 0.1) is 22.7 Å². The Labute approximate surface area is 143 Å². The Kier molecular flexibility index (Phi) is 3.69. The molecule has 1 N–H and O–H groups in total. The molecule has 0 atom stereocenters. The molecule has 0 amide bonds. The number of aromatic nitrogens is 1. The molecule has 24 heavy (non-hydrogen) atoms. The van der Waals surface area contributed by atoms with Crippen molar-refractivity contribution in [3.8, 4) is 5.69 Å². The third kappa shape index (κ3) is 2.36. The first-order valence-corrected chi connectivity index (χ1v) is 10.2. The molecule has 1 aromatic carbocycles. The van der Waals surface area contributed by atoms with Gasteiger partial charge >= 0.3 is 0 Å². The molecule has 2 aliphatic heterocycles. The summed E-state index contributed by atoms with van der Waals surface area (Å²) in [5.41, 5.74) is 3.32. The number of benzene rings is 1. The second kappa shape index (κ2) is 5.63. The van der Waals surface area contributed by atoms with Gasteiger partial charge in [-0.3, -0.25) is 0 Å². The van der Waals surface area contributed by atoms with Crippen LogP contribution in [-0.2, 0) is 15.6 Å². The summed E-state index contributed by atoms with van der Waals surface area (Å²) in [6.45, 7) is 3.06. The summed E-state index contributed by atoms with van der Waals surface area (Å²) in [5, 5.41) is 3.72. The van der Waals surface area contributed by atoms with Crippen LogP contribution in [0.4, 0.5) is 5.69 Å². The standard InChI is InChI=1S/C18H23N3O2S/c1-2-14-24(22,23)20-12-9-18(10-13-20)17-8-5-11-21(17)16-7-4-3-6-15(16)19-18/h3-8,11,19H,2,9-10,12-14H2,1H3. The van der Waals surface area contributed by atoms with Crippen LogP contribution in [0.1, 0.15) is 31.9 Å². The van der Waals surface area contributed by atoms with Crippen LogP contribution < -0.4 is 5.32 Å². The van der Waals surface area contributed by atoms with Crippen LogP contribution in [0.3, 0.4) is 0 Å². The lowest BCUT2D eigenvalue weighted by Gasteiger charge is -2.45. The van der Waals surface area contributed by atoms with Gasteiger partial charge in [-0.1, -0.05) is 19.1 Å². The molecule has 128 valence electrons. The van der Waals surface area contributed by atoms with E-state index < -0.39 is 10.0 Å². The van der Waals surface area contributed by atoms with E-state index in [2.05, 4.69) is 40.3 Å². The summed E-state index contributed by atoms with van der Waals surface area (Å²) in [7, 11) is -3.11. The summed E-state index contributed by atoms with van der Waals surface area (Å²) in [6, 6.07) is 12.5. The van der Waals surface area contributed by atoms with Crippen molar-refractivity contribution in [2.24, 2.45) is 0 Å². The highest BCUT2D eigenvalue weighted by Crippen LogP contribution is 2.43. The number of anilines is 1. The average molecular weight is 345 g/mol. The van der Waals surface area contributed by atoms with E-state index in [4.69, 9.17) is 0 Å². The van der Waals surface area contributed by atoms with E-state index in [1.165, 1.54) is 5.69 Å². The Hall–Kier alpha value is -1.79. The SMILES string of the molecule is CCCS(=O)(=O)N1CCC2(CC1)Nc1ccccc1-n1cccc12. The van der Waals surface area contributed by atoms with Gasteiger partial charge in [-0.15, -0.1) is 0 Å². The van der Waals surface area contributed by atoms with Crippen molar-refractivity contribution in [3.63, 3.8) is 0 Å². The quantitative estimate of drug-likeness (QED) is 0.930.